The smallest absolute Gasteiger partial charge is 0.284 e. The van der Waals surface area contributed by atoms with Gasteiger partial charge in [0.1, 0.15) is 0 Å². The Morgan fingerprint density at radius 2 is 2.33 bits per heavy atom. The van der Waals surface area contributed by atoms with Crippen LogP contribution >= 0.6 is 23.3 Å². The summed E-state index contributed by atoms with van der Waals surface area (Å²) < 4.78 is 3.44. The predicted octanol–water partition coefficient (Wildman–Crippen LogP) is 1.12. The number of aryl methyl sites for hydroxylation is 1. The Balaban J connectivity index is 2.30. The normalized spacial score (nSPS) is 10.5. The van der Waals surface area contributed by atoms with Gasteiger partial charge in [-0.3, -0.25) is 14.0 Å². The van der Waals surface area contributed by atoms with Crippen molar-refractivity contribution < 1.29 is 9.94 Å². The highest BCUT2D eigenvalue weighted by Gasteiger charge is 2.12. The number of nitrogens with zero attached hydrogens (tertiary/aromatic N) is 2. The molecule has 0 atom stereocenters. The van der Waals surface area contributed by atoms with Crippen LogP contribution in [0, 0.1) is 0 Å². The standard InChI is InChI=1S/C9H9N2O2S2/c1-10-7(12)6-9(15-10)14-8-4-2-3-5-11(8)13/h2-6,13H,1H3/q+1. The Kier molecular flexibility index (Phi) is 2.79. The molecule has 0 amide bonds. The Morgan fingerprint density at radius 3 is 2.93 bits per heavy atom. The molecule has 0 unspecified atom stereocenters. The molecule has 2 aromatic rings. The fraction of sp³-hybridized carbons (Fsp3) is 0.111. The van der Waals surface area contributed by atoms with Gasteiger partial charge in [0, 0.05) is 30.0 Å². The van der Waals surface area contributed by atoms with Crippen molar-refractivity contribution in [2.24, 2.45) is 7.05 Å². The van der Waals surface area contributed by atoms with Gasteiger partial charge in [0.2, 0.25) is 6.20 Å². The topological polar surface area (TPSA) is 46.1 Å². The lowest BCUT2D eigenvalue weighted by Crippen LogP contribution is -2.31. The van der Waals surface area contributed by atoms with Crippen LogP contribution in [0.2, 0.25) is 0 Å². The number of hydrogen-bond acceptors (Lipinski definition) is 4. The van der Waals surface area contributed by atoms with Crippen LogP contribution < -0.4 is 10.3 Å². The first-order valence-corrected chi connectivity index (χ1v) is 5.81. The highest BCUT2D eigenvalue weighted by molar-refractivity contribution is 8.00. The van der Waals surface area contributed by atoms with Gasteiger partial charge in [-0.2, -0.15) is 0 Å². The zero-order valence-electron chi connectivity index (χ0n) is 7.95. The SMILES string of the molecule is Cn1sc(Sc2cccc[n+]2O)cc1=O. The molecule has 2 heterocycles. The summed E-state index contributed by atoms with van der Waals surface area (Å²) in [6.07, 6.45) is 1.55. The molecule has 0 aromatic carbocycles. The molecule has 2 aromatic heterocycles. The fourth-order valence-corrected chi connectivity index (χ4v) is 3.02. The van der Waals surface area contributed by atoms with Crippen molar-refractivity contribution in [3.8, 4) is 0 Å². The molecular weight excluding hydrogens is 232 g/mol. The van der Waals surface area contributed by atoms with E-state index in [2.05, 4.69) is 0 Å². The Bertz CT molecular complexity index is 533. The van der Waals surface area contributed by atoms with Gasteiger partial charge < -0.3 is 0 Å². The molecule has 0 spiro atoms. The zero-order valence-corrected chi connectivity index (χ0v) is 9.59. The predicted molar refractivity (Wildman–Crippen MR) is 57.5 cm³/mol. The first kappa shape index (κ1) is 10.3. The second-order valence-corrected chi connectivity index (χ2v) is 5.37. The van der Waals surface area contributed by atoms with Gasteiger partial charge in [-0.15, -0.1) is 0 Å². The second kappa shape index (κ2) is 4.08. The minimum atomic E-state index is -0.0251. The van der Waals surface area contributed by atoms with E-state index in [0.717, 1.165) is 8.94 Å². The van der Waals surface area contributed by atoms with Crippen LogP contribution in [0.15, 0.2) is 44.5 Å². The van der Waals surface area contributed by atoms with Crippen LogP contribution in [0.25, 0.3) is 0 Å². The minimum Gasteiger partial charge on any atom is -0.284 e. The Morgan fingerprint density at radius 1 is 1.53 bits per heavy atom. The van der Waals surface area contributed by atoms with Crippen molar-refractivity contribution in [2.45, 2.75) is 9.24 Å². The lowest BCUT2D eigenvalue weighted by molar-refractivity contribution is -0.932. The molecule has 78 valence electrons. The lowest BCUT2D eigenvalue weighted by Gasteiger charge is -1.92. The number of hydrogen-bond donors (Lipinski definition) is 1. The van der Waals surface area contributed by atoms with Crippen LogP contribution in [-0.2, 0) is 7.05 Å². The number of aromatic nitrogens is 2. The Hall–Kier alpha value is -1.27. The molecule has 4 nitrogen and oxygen atoms in total. The summed E-state index contributed by atoms with van der Waals surface area (Å²) in [6, 6.07) is 6.91. The maximum absolute atomic E-state index is 11.2. The zero-order chi connectivity index (χ0) is 10.8. The summed E-state index contributed by atoms with van der Waals surface area (Å²) in [5.74, 6) is 0. The summed E-state index contributed by atoms with van der Waals surface area (Å²) in [5.41, 5.74) is -0.0251. The van der Waals surface area contributed by atoms with Crippen LogP contribution in [0.1, 0.15) is 0 Å². The van der Waals surface area contributed by atoms with Gasteiger partial charge in [-0.1, -0.05) is 0 Å². The van der Waals surface area contributed by atoms with E-state index in [9.17, 15) is 10.0 Å². The van der Waals surface area contributed by atoms with E-state index in [1.54, 1.807) is 35.4 Å². The highest BCUT2D eigenvalue weighted by atomic mass is 32.2. The Labute approximate surface area is 94.5 Å². The van der Waals surface area contributed by atoms with Crippen molar-refractivity contribution >= 4 is 23.3 Å². The van der Waals surface area contributed by atoms with Gasteiger partial charge in [0.25, 0.3) is 10.6 Å². The summed E-state index contributed by atoms with van der Waals surface area (Å²) in [6.45, 7) is 0. The third-order valence-corrected chi connectivity index (χ3v) is 3.86. The molecule has 0 saturated heterocycles. The summed E-state index contributed by atoms with van der Waals surface area (Å²) in [5, 5.41) is 10.1. The average molecular weight is 241 g/mol. The molecule has 1 N–H and O–H groups in total. The monoisotopic (exact) mass is 241 g/mol. The van der Waals surface area contributed by atoms with Gasteiger partial charge in [0.05, 0.1) is 4.21 Å². The van der Waals surface area contributed by atoms with Crippen molar-refractivity contribution in [3.63, 3.8) is 0 Å². The number of pyridine rings is 1. The van der Waals surface area contributed by atoms with Crippen LogP contribution in [-0.4, -0.2) is 9.16 Å². The fourth-order valence-electron chi connectivity index (χ4n) is 1.05. The molecule has 2 rings (SSSR count). The van der Waals surface area contributed by atoms with Crippen molar-refractivity contribution in [2.75, 3.05) is 0 Å². The third-order valence-electron chi connectivity index (χ3n) is 1.79. The molecule has 0 radical (unpaired) electrons. The first-order chi connectivity index (χ1) is 7.16. The maximum Gasteiger partial charge on any atom is 0.296 e. The molecule has 15 heavy (non-hydrogen) atoms. The maximum atomic E-state index is 11.2. The molecule has 0 fully saturated rings. The third kappa shape index (κ3) is 2.21. The van der Waals surface area contributed by atoms with Gasteiger partial charge in [-0.25, -0.2) is 0 Å². The number of rotatable bonds is 2. The summed E-state index contributed by atoms with van der Waals surface area (Å²) >= 11 is 2.72. The van der Waals surface area contributed by atoms with Crippen LogP contribution in [0.5, 0.6) is 0 Å². The highest BCUT2D eigenvalue weighted by Crippen LogP contribution is 2.26. The van der Waals surface area contributed by atoms with Gasteiger partial charge in [0.15, 0.2) is 0 Å². The molecular formula is C9H9N2O2S2+. The van der Waals surface area contributed by atoms with E-state index < -0.39 is 0 Å². The van der Waals surface area contributed by atoms with Crippen LogP contribution in [0.3, 0.4) is 0 Å². The second-order valence-electron chi connectivity index (χ2n) is 2.88. The first-order valence-electron chi connectivity index (χ1n) is 4.22. The molecule has 0 saturated carbocycles. The van der Waals surface area contributed by atoms with E-state index in [4.69, 9.17) is 0 Å². The quantitative estimate of drug-likeness (QED) is 0.633. The van der Waals surface area contributed by atoms with Gasteiger partial charge >= 0.3 is 0 Å². The molecule has 0 aliphatic rings. The van der Waals surface area contributed by atoms with E-state index in [0.29, 0.717) is 5.03 Å². The minimum absolute atomic E-state index is 0.0251. The molecule has 6 heteroatoms. The van der Waals surface area contributed by atoms with E-state index >= 15 is 0 Å². The van der Waals surface area contributed by atoms with Crippen molar-refractivity contribution in [3.05, 3.63) is 40.8 Å². The van der Waals surface area contributed by atoms with Gasteiger partial charge in [-0.05, 0) is 29.4 Å². The summed E-state index contributed by atoms with van der Waals surface area (Å²) in [7, 11) is 1.72. The molecule has 0 aliphatic heterocycles. The summed E-state index contributed by atoms with van der Waals surface area (Å²) in [4.78, 5) is 11.2. The average Bonchev–Trinajstić information content (AvgIpc) is 2.50. The van der Waals surface area contributed by atoms with E-state index in [1.165, 1.54) is 23.3 Å². The van der Waals surface area contributed by atoms with E-state index in [-0.39, 0.29) is 5.56 Å². The van der Waals surface area contributed by atoms with E-state index in [1.807, 2.05) is 6.07 Å². The molecule has 0 bridgehead atoms. The van der Waals surface area contributed by atoms with Crippen molar-refractivity contribution in [1.29, 1.82) is 0 Å². The van der Waals surface area contributed by atoms with Crippen LogP contribution in [0.4, 0.5) is 0 Å². The lowest BCUT2D eigenvalue weighted by atomic mass is 10.5. The largest absolute Gasteiger partial charge is 0.296 e. The van der Waals surface area contributed by atoms with Crippen molar-refractivity contribution in [1.82, 2.24) is 3.96 Å². The molecule has 0 aliphatic carbocycles.